The number of hydrogen-bond acceptors (Lipinski definition) is 3. The molecule has 0 radical (unpaired) electrons. The Balaban J connectivity index is 2.30. The number of carboxylic acid groups (broad SMARTS) is 1. The van der Waals surface area contributed by atoms with Crippen molar-refractivity contribution < 1.29 is 19.4 Å². The fourth-order valence-corrected chi connectivity index (χ4v) is 2.10. The molecule has 5 heteroatoms. The second kappa shape index (κ2) is 10.7. The van der Waals surface area contributed by atoms with Gasteiger partial charge in [-0.1, -0.05) is 62.9 Å². The fraction of sp³-hybridized carbons (Fsp3) is 0.529. The number of alkyl carbamates (subject to hydrolysis) is 1. The molecular formula is C17H25NO4. The highest BCUT2D eigenvalue weighted by Crippen LogP contribution is 2.05. The molecule has 22 heavy (non-hydrogen) atoms. The molecule has 0 bridgehead atoms. The maximum Gasteiger partial charge on any atom is 0.407 e. The Hall–Kier alpha value is -2.04. The quantitative estimate of drug-likeness (QED) is 0.650. The Labute approximate surface area is 131 Å². The van der Waals surface area contributed by atoms with Gasteiger partial charge in [-0.25, -0.2) is 9.59 Å². The number of hydrogen-bond donors (Lipinski definition) is 2. The average molecular weight is 307 g/mol. The normalized spacial score (nSPS) is 11.7. The first-order valence-electron chi connectivity index (χ1n) is 7.83. The lowest BCUT2D eigenvalue weighted by molar-refractivity contribution is -0.139. The van der Waals surface area contributed by atoms with Gasteiger partial charge in [-0.3, -0.25) is 0 Å². The molecule has 1 amide bonds. The van der Waals surface area contributed by atoms with Crippen molar-refractivity contribution in [1.82, 2.24) is 5.32 Å². The zero-order valence-electron chi connectivity index (χ0n) is 13.1. The summed E-state index contributed by atoms with van der Waals surface area (Å²) in [6.45, 7) is 2.47. The van der Waals surface area contributed by atoms with E-state index in [0.29, 0.717) is 6.61 Å². The Kier molecular flexibility index (Phi) is 8.72. The molecule has 5 nitrogen and oxygen atoms in total. The van der Waals surface area contributed by atoms with Crippen LogP contribution in [0.2, 0.25) is 0 Å². The standard InChI is InChI=1S/C17H25NO4/c1-2-3-4-5-9-12-22-17(21)18-15(16(19)20)13-14-10-7-6-8-11-14/h6-8,10-11,15H,2-5,9,12-13H2,1H3,(H,18,21)(H,19,20). The molecule has 0 aromatic heterocycles. The first-order chi connectivity index (χ1) is 10.6. The summed E-state index contributed by atoms with van der Waals surface area (Å²) in [6.07, 6.45) is 4.89. The highest BCUT2D eigenvalue weighted by atomic mass is 16.5. The van der Waals surface area contributed by atoms with E-state index in [-0.39, 0.29) is 6.42 Å². The van der Waals surface area contributed by atoms with Gasteiger partial charge in [-0.2, -0.15) is 0 Å². The van der Waals surface area contributed by atoms with E-state index in [1.54, 1.807) is 0 Å². The lowest BCUT2D eigenvalue weighted by Crippen LogP contribution is -2.42. The number of benzene rings is 1. The Morgan fingerprint density at radius 3 is 2.45 bits per heavy atom. The van der Waals surface area contributed by atoms with Crippen LogP contribution in [0.25, 0.3) is 0 Å². The van der Waals surface area contributed by atoms with Gasteiger partial charge in [0.05, 0.1) is 6.61 Å². The van der Waals surface area contributed by atoms with E-state index < -0.39 is 18.1 Å². The maximum atomic E-state index is 11.6. The van der Waals surface area contributed by atoms with Crippen molar-refractivity contribution in [2.45, 2.75) is 51.5 Å². The van der Waals surface area contributed by atoms with Crippen molar-refractivity contribution in [3.63, 3.8) is 0 Å². The van der Waals surface area contributed by atoms with Crippen molar-refractivity contribution in [2.24, 2.45) is 0 Å². The van der Waals surface area contributed by atoms with Crippen LogP contribution in [0.1, 0.15) is 44.6 Å². The van der Waals surface area contributed by atoms with Gasteiger partial charge in [-0.15, -0.1) is 0 Å². The minimum Gasteiger partial charge on any atom is -0.480 e. The predicted molar refractivity (Wildman–Crippen MR) is 84.8 cm³/mol. The number of aliphatic carboxylic acids is 1. The smallest absolute Gasteiger partial charge is 0.407 e. The number of unbranched alkanes of at least 4 members (excludes halogenated alkanes) is 4. The molecule has 1 unspecified atom stereocenters. The Bertz CT molecular complexity index is 447. The van der Waals surface area contributed by atoms with Crippen LogP contribution in [-0.4, -0.2) is 29.8 Å². The zero-order valence-corrected chi connectivity index (χ0v) is 13.1. The summed E-state index contributed by atoms with van der Waals surface area (Å²) in [5.41, 5.74) is 0.856. The second-order valence-electron chi connectivity index (χ2n) is 5.28. The van der Waals surface area contributed by atoms with Crippen LogP contribution in [0.4, 0.5) is 4.79 Å². The topological polar surface area (TPSA) is 75.6 Å². The summed E-state index contributed by atoms with van der Waals surface area (Å²) < 4.78 is 5.03. The molecule has 0 saturated heterocycles. The fourth-order valence-electron chi connectivity index (χ4n) is 2.10. The summed E-state index contributed by atoms with van der Waals surface area (Å²) in [7, 11) is 0. The average Bonchev–Trinajstić information content (AvgIpc) is 2.51. The molecule has 1 atom stereocenters. The number of rotatable bonds is 10. The molecule has 0 aliphatic heterocycles. The van der Waals surface area contributed by atoms with Gasteiger partial charge >= 0.3 is 12.1 Å². The van der Waals surface area contributed by atoms with E-state index >= 15 is 0 Å². The molecule has 0 saturated carbocycles. The summed E-state index contributed by atoms with van der Waals surface area (Å²) in [5.74, 6) is -1.07. The van der Waals surface area contributed by atoms with Crippen LogP contribution >= 0.6 is 0 Å². The first kappa shape index (κ1) is 18.0. The van der Waals surface area contributed by atoms with Crippen molar-refractivity contribution in [3.8, 4) is 0 Å². The van der Waals surface area contributed by atoms with Gasteiger partial charge in [0.1, 0.15) is 6.04 Å². The van der Waals surface area contributed by atoms with E-state index in [2.05, 4.69) is 12.2 Å². The zero-order chi connectivity index (χ0) is 16.2. The molecule has 0 heterocycles. The van der Waals surface area contributed by atoms with E-state index in [1.807, 2.05) is 30.3 Å². The molecular weight excluding hydrogens is 282 g/mol. The van der Waals surface area contributed by atoms with Crippen molar-refractivity contribution in [3.05, 3.63) is 35.9 Å². The largest absolute Gasteiger partial charge is 0.480 e. The number of carbonyl (C=O) groups is 2. The molecule has 1 rings (SSSR count). The van der Waals surface area contributed by atoms with Gasteiger partial charge < -0.3 is 15.2 Å². The van der Waals surface area contributed by atoms with Crippen LogP contribution in [0.3, 0.4) is 0 Å². The lowest BCUT2D eigenvalue weighted by atomic mass is 10.1. The molecule has 1 aromatic rings. The van der Waals surface area contributed by atoms with E-state index in [4.69, 9.17) is 4.74 Å². The van der Waals surface area contributed by atoms with Gasteiger partial charge in [0.25, 0.3) is 0 Å². The lowest BCUT2D eigenvalue weighted by Gasteiger charge is -2.14. The monoisotopic (exact) mass is 307 g/mol. The molecule has 0 spiro atoms. The third kappa shape index (κ3) is 7.67. The predicted octanol–water partition coefficient (Wildman–Crippen LogP) is 3.38. The van der Waals surface area contributed by atoms with Crippen molar-refractivity contribution in [1.29, 1.82) is 0 Å². The number of carbonyl (C=O) groups excluding carboxylic acids is 1. The van der Waals surface area contributed by atoms with Gasteiger partial charge in [-0.05, 0) is 12.0 Å². The first-order valence-corrected chi connectivity index (χ1v) is 7.83. The summed E-state index contributed by atoms with van der Waals surface area (Å²) in [6, 6.07) is 8.22. The summed E-state index contributed by atoms with van der Waals surface area (Å²) in [5, 5.41) is 11.6. The molecule has 2 N–H and O–H groups in total. The van der Waals surface area contributed by atoms with Crippen LogP contribution in [0.15, 0.2) is 30.3 Å². The molecule has 0 aliphatic rings. The molecule has 1 aromatic carbocycles. The van der Waals surface area contributed by atoms with E-state index in [1.165, 1.54) is 12.8 Å². The Morgan fingerprint density at radius 2 is 1.82 bits per heavy atom. The maximum absolute atomic E-state index is 11.6. The van der Waals surface area contributed by atoms with Crippen LogP contribution in [0.5, 0.6) is 0 Å². The minimum atomic E-state index is -1.07. The third-order valence-corrected chi connectivity index (χ3v) is 3.35. The number of amides is 1. The van der Waals surface area contributed by atoms with E-state index in [0.717, 1.165) is 24.8 Å². The Morgan fingerprint density at radius 1 is 1.14 bits per heavy atom. The minimum absolute atomic E-state index is 0.238. The number of nitrogens with one attached hydrogen (secondary N) is 1. The molecule has 0 aliphatic carbocycles. The molecule has 122 valence electrons. The van der Waals surface area contributed by atoms with E-state index in [9.17, 15) is 14.7 Å². The van der Waals surface area contributed by atoms with Crippen LogP contribution in [0, 0.1) is 0 Å². The second-order valence-corrected chi connectivity index (χ2v) is 5.28. The van der Waals surface area contributed by atoms with Crippen molar-refractivity contribution in [2.75, 3.05) is 6.61 Å². The van der Waals surface area contributed by atoms with Crippen LogP contribution in [-0.2, 0) is 16.0 Å². The summed E-state index contributed by atoms with van der Waals surface area (Å²) in [4.78, 5) is 22.9. The number of carboxylic acids is 1. The van der Waals surface area contributed by atoms with Gasteiger partial charge in [0.15, 0.2) is 0 Å². The van der Waals surface area contributed by atoms with Crippen LogP contribution < -0.4 is 5.32 Å². The van der Waals surface area contributed by atoms with Gasteiger partial charge in [0, 0.05) is 6.42 Å². The van der Waals surface area contributed by atoms with Gasteiger partial charge in [0.2, 0.25) is 0 Å². The highest BCUT2D eigenvalue weighted by molar-refractivity contribution is 5.80. The number of ether oxygens (including phenoxy) is 1. The summed E-state index contributed by atoms with van der Waals surface area (Å²) >= 11 is 0. The SMILES string of the molecule is CCCCCCCOC(=O)NC(Cc1ccccc1)C(=O)O. The molecule has 0 fully saturated rings. The highest BCUT2D eigenvalue weighted by Gasteiger charge is 2.20. The van der Waals surface area contributed by atoms with Crippen molar-refractivity contribution >= 4 is 12.1 Å². The third-order valence-electron chi connectivity index (χ3n) is 3.35.